The van der Waals surface area contributed by atoms with E-state index in [1.807, 2.05) is 32.8 Å². The number of ether oxygens (including phenoxy) is 1. The van der Waals surface area contributed by atoms with Crippen LogP contribution in [0.1, 0.15) is 59.6 Å². The first-order chi connectivity index (χ1) is 14.3. The van der Waals surface area contributed by atoms with Crippen molar-refractivity contribution >= 4 is 19.3 Å². The topological polar surface area (TPSA) is 51.2 Å². The highest BCUT2D eigenvalue weighted by Gasteiger charge is 2.50. The average Bonchev–Trinajstić information content (AvgIpc) is 2.87. The molecule has 31 heavy (non-hydrogen) atoms. The number of hydrogen-bond donors (Lipinski definition) is 0. The van der Waals surface area contributed by atoms with Crippen LogP contribution in [0.2, 0.25) is 0 Å². The van der Waals surface area contributed by atoms with Crippen LogP contribution in [0.25, 0.3) is 6.08 Å². The molecule has 2 fully saturated rings. The lowest BCUT2D eigenvalue weighted by Crippen LogP contribution is -2.49. The Morgan fingerprint density at radius 3 is 2.10 bits per heavy atom. The van der Waals surface area contributed by atoms with Gasteiger partial charge in [-0.25, -0.2) is 4.79 Å². The summed E-state index contributed by atoms with van der Waals surface area (Å²) in [5.74, 6) is 1.97. The standard InChI is InChI=1S/C24H37BN2O4/c1-22(2,3)29-21(28)27-16-14-26(15-17-27)18-20-10-8-19(9-11-20)12-13-25-30-23(4,5)24(6,7)31-25/h8-13H,14-18H2,1-7H3/b13-12+. The van der Waals surface area contributed by atoms with Crippen LogP contribution in [0, 0.1) is 0 Å². The van der Waals surface area contributed by atoms with Gasteiger partial charge in [0.2, 0.25) is 0 Å². The van der Waals surface area contributed by atoms with Crippen LogP contribution in [0.3, 0.4) is 0 Å². The molecule has 0 bridgehead atoms. The van der Waals surface area contributed by atoms with Gasteiger partial charge in [-0.3, -0.25) is 4.90 Å². The van der Waals surface area contributed by atoms with E-state index in [-0.39, 0.29) is 24.4 Å². The quantitative estimate of drug-likeness (QED) is 0.666. The van der Waals surface area contributed by atoms with Crippen molar-refractivity contribution < 1.29 is 18.8 Å². The maximum Gasteiger partial charge on any atom is 0.487 e. The molecule has 0 N–H and O–H groups in total. The van der Waals surface area contributed by atoms with Gasteiger partial charge in [0.25, 0.3) is 0 Å². The Kier molecular flexibility index (Phi) is 6.89. The van der Waals surface area contributed by atoms with Crippen molar-refractivity contribution in [1.82, 2.24) is 9.80 Å². The molecule has 3 rings (SSSR count). The molecular weight excluding hydrogens is 391 g/mol. The lowest BCUT2D eigenvalue weighted by molar-refractivity contribution is 0.00578. The predicted molar refractivity (Wildman–Crippen MR) is 125 cm³/mol. The molecule has 0 aliphatic carbocycles. The lowest BCUT2D eigenvalue weighted by atomic mass is 9.89. The van der Waals surface area contributed by atoms with E-state index in [1.165, 1.54) is 5.56 Å². The second-order valence-electron chi connectivity index (χ2n) is 10.5. The Morgan fingerprint density at radius 2 is 1.58 bits per heavy atom. The Balaban J connectivity index is 1.47. The number of nitrogens with zero attached hydrogens (tertiary/aromatic N) is 2. The van der Waals surface area contributed by atoms with Gasteiger partial charge in [-0.15, -0.1) is 0 Å². The van der Waals surface area contributed by atoms with E-state index in [9.17, 15) is 4.79 Å². The Labute approximate surface area is 187 Å². The fraction of sp³-hybridized carbons (Fsp3) is 0.625. The van der Waals surface area contributed by atoms with E-state index in [0.717, 1.165) is 25.2 Å². The van der Waals surface area contributed by atoms with Gasteiger partial charge in [0, 0.05) is 32.7 Å². The molecule has 0 radical (unpaired) electrons. The molecule has 0 aromatic heterocycles. The summed E-state index contributed by atoms with van der Waals surface area (Å²) in [5, 5.41) is 0. The van der Waals surface area contributed by atoms with Crippen molar-refractivity contribution in [2.45, 2.75) is 71.8 Å². The van der Waals surface area contributed by atoms with Crippen molar-refractivity contribution in [3.63, 3.8) is 0 Å². The number of piperazine rings is 1. The molecule has 6 nitrogen and oxygen atoms in total. The maximum absolute atomic E-state index is 12.2. The highest BCUT2D eigenvalue weighted by Crippen LogP contribution is 2.37. The molecule has 170 valence electrons. The first-order valence-electron chi connectivity index (χ1n) is 11.2. The van der Waals surface area contributed by atoms with Crippen LogP contribution >= 0.6 is 0 Å². The van der Waals surface area contributed by atoms with Crippen LogP contribution in [0.15, 0.2) is 30.2 Å². The van der Waals surface area contributed by atoms with Crippen LogP contribution in [0.4, 0.5) is 4.79 Å². The normalized spacial score (nSPS) is 21.6. The first-order valence-corrected chi connectivity index (χ1v) is 11.2. The van der Waals surface area contributed by atoms with E-state index in [2.05, 4.69) is 56.9 Å². The van der Waals surface area contributed by atoms with Crippen molar-refractivity contribution in [2.75, 3.05) is 26.2 Å². The first kappa shape index (κ1) is 23.8. The summed E-state index contributed by atoms with van der Waals surface area (Å²) in [5.41, 5.74) is 1.29. The highest BCUT2D eigenvalue weighted by molar-refractivity contribution is 6.52. The lowest BCUT2D eigenvalue weighted by Gasteiger charge is -2.35. The molecule has 2 aliphatic heterocycles. The van der Waals surface area contributed by atoms with E-state index in [0.29, 0.717) is 13.1 Å². The molecule has 1 amide bonds. The van der Waals surface area contributed by atoms with Gasteiger partial charge in [0.05, 0.1) is 11.2 Å². The highest BCUT2D eigenvalue weighted by atomic mass is 16.7. The summed E-state index contributed by atoms with van der Waals surface area (Å²) >= 11 is 0. The molecule has 1 aromatic rings. The number of carbonyl (C=O) groups excluding carboxylic acids is 1. The van der Waals surface area contributed by atoms with E-state index in [1.54, 1.807) is 4.90 Å². The Hall–Kier alpha value is -1.83. The fourth-order valence-corrected chi connectivity index (χ4v) is 3.56. The molecule has 7 heteroatoms. The monoisotopic (exact) mass is 428 g/mol. The predicted octanol–water partition coefficient (Wildman–Crippen LogP) is 4.38. The zero-order chi connectivity index (χ0) is 22.9. The maximum atomic E-state index is 12.2. The number of rotatable bonds is 4. The molecule has 2 heterocycles. The zero-order valence-corrected chi connectivity index (χ0v) is 20.1. The van der Waals surface area contributed by atoms with E-state index >= 15 is 0 Å². The van der Waals surface area contributed by atoms with Gasteiger partial charge >= 0.3 is 13.2 Å². The van der Waals surface area contributed by atoms with Gasteiger partial charge in [0.1, 0.15) is 5.60 Å². The van der Waals surface area contributed by atoms with Gasteiger partial charge in [-0.05, 0) is 59.6 Å². The third kappa shape index (κ3) is 6.34. The molecule has 0 atom stereocenters. The van der Waals surface area contributed by atoms with Crippen LogP contribution in [-0.4, -0.2) is 66.0 Å². The minimum Gasteiger partial charge on any atom is -0.444 e. The number of carbonyl (C=O) groups is 1. The molecular formula is C24H37BN2O4. The van der Waals surface area contributed by atoms with E-state index < -0.39 is 5.60 Å². The summed E-state index contributed by atoms with van der Waals surface area (Å²) in [4.78, 5) is 16.4. The molecule has 1 aromatic carbocycles. The second kappa shape index (κ2) is 8.97. The summed E-state index contributed by atoms with van der Waals surface area (Å²) in [7, 11) is -0.328. The summed E-state index contributed by atoms with van der Waals surface area (Å²) in [6.07, 6.45) is 1.83. The largest absolute Gasteiger partial charge is 0.487 e. The van der Waals surface area contributed by atoms with Crippen LogP contribution in [-0.2, 0) is 20.6 Å². The summed E-state index contributed by atoms with van der Waals surface area (Å²) in [6, 6.07) is 8.55. The minimum absolute atomic E-state index is 0.217. The average molecular weight is 428 g/mol. The van der Waals surface area contributed by atoms with E-state index in [4.69, 9.17) is 14.0 Å². The second-order valence-corrected chi connectivity index (χ2v) is 10.5. The minimum atomic E-state index is -0.452. The van der Waals surface area contributed by atoms with Crippen LogP contribution in [0.5, 0.6) is 0 Å². The molecule has 0 unspecified atom stereocenters. The van der Waals surface area contributed by atoms with Gasteiger partial charge in [-0.2, -0.15) is 0 Å². The molecule has 0 spiro atoms. The van der Waals surface area contributed by atoms with Crippen molar-refractivity contribution in [3.05, 3.63) is 41.4 Å². The molecule has 2 saturated heterocycles. The molecule has 0 saturated carbocycles. The van der Waals surface area contributed by atoms with Crippen molar-refractivity contribution in [3.8, 4) is 0 Å². The number of amides is 1. The van der Waals surface area contributed by atoms with Crippen molar-refractivity contribution in [1.29, 1.82) is 0 Å². The zero-order valence-electron chi connectivity index (χ0n) is 20.1. The van der Waals surface area contributed by atoms with Gasteiger partial charge in [0.15, 0.2) is 0 Å². The molecule has 2 aliphatic rings. The van der Waals surface area contributed by atoms with Gasteiger partial charge < -0.3 is 18.9 Å². The fourth-order valence-electron chi connectivity index (χ4n) is 3.56. The van der Waals surface area contributed by atoms with Crippen LogP contribution < -0.4 is 0 Å². The SMILES string of the molecule is CC(C)(C)OC(=O)N1CCN(Cc2ccc(/C=C/B3OC(C)(C)C(C)(C)O3)cc2)CC1. The smallest absolute Gasteiger partial charge is 0.444 e. The Morgan fingerprint density at radius 1 is 1.03 bits per heavy atom. The number of hydrogen-bond acceptors (Lipinski definition) is 5. The van der Waals surface area contributed by atoms with Gasteiger partial charge in [-0.1, -0.05) is 36.3 Å². The Bertz CT molecular complexity index is 775. The number of benzene rings is 1. The van der Waals surface area contributed by atoms with Crippen molar-refractivity contribution in [2.24, 2.45) is 0 Å². The third-order valence-electron chi connectivity index (χ3n) is 6.13. The summed E-state index contributed by atoms with van der Waals surface area (Å²) < 4.78 is 17.5. The summed E-state index contributed by atoms with van der Waals surface area (Å²) in [6.45, 7) is 17.9. The third-order valence-corrected chi connectivity index (χ3v) is 6.13.